The molecule has 5 nitrogen and oxygen atoms in total. The lowest BCUT2D eigenvalue weighted by Crippen LogP contribution is -2.04. The SMILES string of the molecule is C=CC(=O)OP(=O)(OC)OCCCCC. The van der Waals surface area contributed by atoms with Crippen LogP contribution in [0.1, 0.15) is 26.2 Å². The van der Waals surface area contributed by atoms with Crippen LogP contribution < -0.4 is 0 Å². The van der Waals surface area contributed by atoms with E-state index in [1.54, 1.807) is 0 Å². The lowest BCUT2D eigenvalue weighted by molar-refractivity contribution is -0.130. The molecule has 0 saturated carbocycles. The van der Waals surface area contributed by atoms with E-state index >= 15 is 0 Å². The second kappa shape index (κ2) is 7.63. The highest BCUT2D eigenvalue weighted by molar-refractivity contribution is 7.49. The minimum absolute atomic E-state index is 0.239. The van der Waals surface area contributed by atoms with Crippen LogP contribution in [-0.2, 0) is 22.9 Å². The molecule has 0 rings (SSSR count). The maximum absolute atomic E-state index is 11.6. The molecule has 1 unspecified atom stereocenters. The Hall–Kier alpha value is -0.640. The van der Waals surface area contributed by atoms with Crippen molar-refractivity contribution in [2.24, 2.45) is 0 Å². The zero-order valence-electron chi connectivity index (χ0n) is 9.10. The first-order valence-electron chi connectivity index (χ1n) is 4.74. The van der Waals surface area contributed by atoms with Gasteiger partial charge in [0.1, 0.15) is 0 Å². The summed E-state index contributed by atoms with van der Waals surface area (Å²) in [7, 11) is -2.57. The van der Waals surface area contributed by atoms with Gasteiger partial charge in [-0.25, -0.2) is 9.36 Å². The lowest BCUT2D eigenvalue weighted by Gasteiger charge is -2.13. The molecule has 0 saturated heterocycles. The van der Waals surface area contributed by atoms with E-state index in [4.69, 9.17) is 4.52 Å². The van der Waals surface area contributed by atoms with E-state index in [9.17, 15) is 9.36 Å². The molecule has 6 heteroatoms. The molecule has 0 aromatic heterocycles. The molecule has 0 aromatic carbocycles. The zero-order chi connectivity index (χ0) is 11.7. The first kappa shape index (κ1) is 14.4. The highest BCUT2D eigenvalue weighted by Crippen LogP contribution is 2.48. The number of hydrogen-bond acceptors (Lipinski definition) is 5. The van der Waals surface area contributed by atoms with Gasteiger partial charge >= 0.3 is 13.8 Å². The number of phosphoric acid groups is 1. The minimum atomic E-state index is -3.73. The molecule has 1 atom stereocenters. The number of carbonyl (C=O) groups excluding carboxylic acids is 1. The van der Waals surface area contributed by atoms with Crippen molar-refractivity contribution < 1.29 is 22.9 Å². The number of phosphoric ester groups is 1. The van der Waals surface area contributed by atoms with Gasteiger partial charge in [-0.2, -0.15) is 0 Å². The van der Waals surface area contributed by atoms with Gasteiger partial charge in [-0.05, 0) is 6.42 Å². The Morgan fingerprint density at radius 1 is 1.47 bits per heavy atom. The molecular weight excluding hydrogens is 219 g/mol. The van der Waals surface area contributed by atoms with Gasteiger partial charge in [-0.15, -0.1) is 0 Å². The number of unbranched alkanes of at least 4 members (excludes halogenated alkanes) is 2. The normalized spacial score (nSPS) is 14.3. The second-order valence-electron chi connectivity index (χ2n) is 2.78. The van der Waals surface area contributed by atoms with Crippen LogP contribution in [0.2, 0.25) is 0 Å². The fourth-order valence-corrected chi connectivity index (χ4v) is 1.67. The minimum Gasteiger partial charge on any atom is -0.367 e. The summed E-state index contributed by atoms with van der Waals surface area (Å²) < 4.78 is 25.5. The summed E-state index contributed by atoms with van der Waals surface area (Å²) in [6.07, 6.45) is 3.63. The van der Waals surface area contributed by atoms with Crippen molar-refractivity contribution in [2.45, 2.75) is 26.2 Å². The third kappa shape index (κ3) is 6.44. The fourth-order valence-electron chi connectivity index (χ4n) is 0.792. The smallest absolute Gasteiger partial charge is 0.367 e. The molecule has 88 valence electrons. The first-order chi connectivity index (χ1) is 7.08. The van der Waals surface area contributed by atoms with Gasteiger partial charge in [0.15, 0.2) is 0 Å². The van der Waals surface area contributed by atoms with Crippen molar-refractivity contribution >= 4 is 13.8 Å². The maximum atomic E-state index is 11.6. The van der Waals surface area contributed by atoms with E-state index in [-0.39, 0.29) is 6.61 Å². The third-order valence-electron chi connectivity index (χ3n) is 1.59. The van der Waals surface area contributed by atoms with Crippen LogP contribution in [0.15, 0.2) is 12.7 Å². The topological polar surface area (TPSA) is 61.8 Å². The van der Waals surface area contributed by atoms with Crippen molar-refractivity contribution in [1.82, 2.24) is 0 Å². The van der Waals surface area contributed by atoms with E-state index in [2.05, 4.69) is 15.6 Å². The van der Waals surface area contributed by atoms with E-state index in [1.165, 1.54) is 0 Å². The highest BCUT2D eigenvalue weighted by Gasteiger charge is 2.28. The Morgan fingerprint density at radius 2 is 2.13 bits per heavy atom. The average molecular weight is 236 g/mol. The van der Waals surface area contributed by atoms with Crippen LogP contribution in [0.25, 0.3) is 0 Å². The molecule has 0 aliphatic heterocycles. The van der Waals surface area contributed by atoms with Gasteiger partial charge in [0.25, 0.3) is 0 Å². The predicted molar refractivity (Wildman–Crippen MR) is 56.4 cm³/mol. The van der Waals surface area contributed by atoms with Crippen LogP contribution in [0.4, 0.5) is 0 Å². The molecule has 0 aliphatic carbocycles. The van der Waals surface area contributed by atoms with E-state index in [0.29, 0.717) is 0 Å². The van der Waals surface area contributed by atoms with Gasteiger partial charge in [0, 0.05) is 13.2 Å². The summed E-state index contributed by atoms with van der Waals surface area (Å²) in [5.74, 6) is -0.823. The Bertz CT molecular complexity index is 251. The molecular formula is C9H17O5P. The molecule has 0 fully saturated rings. The number of carbonyl (C=O) groups is 1. The standard InChI is InChI=1S/C9H17O5P/c1-4-6-7-8-13-15(11,12-3)14-9(10)5-2/h5H,2,4,6-8H2,1,3H3. The monoisotopic (exact) mass is 236 g/mol. The molecule has 15 heavy (non-hydrogen) atoms. The third-order valence-corrected chi connectivity index (χ3v) is 2.94. The quantitative estimate of drug-likeness (QED) is 0.368. The molecule has 0 aromatic rings. The van der Waals surface area contributed by atoms with Gasteiger partial charge < -0.3 is 4.52 Å². The average Bonchev–Trinajstić information content (AvgIpc) is 2.24. The van der Waals surface area contributed by atoms with E-state index in [1.807, 2.05) is 6.92 Å². The van der Waals surface area contributed by atoms with Crippen LogP contribution in [0.3, 0.4) is 0 Å². The summed E-state index contributed by atoms with van der Waals surface area (Å²) in [6.45, 7) is 5.46. The van der Waals surface area contributed by atoms with Gasteiger partial charge in [-0.3, -0.25) is 9.05 Å². The first-order valence-corrected chi connectivity index (χ1v) is 6.20. The Morgan fingerprint density at radius 3 is 2.60 bits per heavy atom. The Balaban J connectivity index is 4.02. The number of hydrogen-bond donors (Lipinski definition) is 0. The molecule has 0 radical (unpaired) electrons. The maximum Gasteiger partial charge on any atom is 0.532 e. The van der Waals surface area contributed by atoms with Crippen molar-refractivity contribution in [3.05, 3.63) is 12.7 Å². The van der Waals surface area contributed by atoms with Crippen LogP contribution >= 0.6 is 7.82 Å². The van der Waals surface area contributed by atoms with Gasteiger partial charge in [0.2, 0.25) is 0 Å². The summed E-state index contributed by atoms with van der Waals surface area (Å²) in [5.41, 5.74) is 0. The second-order valence-corrected chi connectivity index (χ2v) is 4.48. The summed E-state index contributed by atoms with van der Waals surface area (Å²) >= 11 is 0. The van der Waals surface area contributed by atoms with Gasteiger partial charge in [-0.1, -0.05) is 26.3 Å². The van der Waals surface area contributed by atoms with Crippen LogP contribution in [0, 0.1) is 0 Å². The molecule has 0 bridgehead atoms. The molecule has 0 N–H and O–H groups in total. The largest absolute Gasteiger partial charge is 0.532 e. The highest BCUT2D eigenvalue weighted by atomic mass is 31.2. The molecule has 0 spiro atoms. The lowest BCUT2D eigenvalue weighted by atomic mass is 10.3. The van der Waals surface area contributed by atoms with Gasteiger partial charge in [0.05, 0.1) is 6.61 Å². The van der Waals surface area contributed by atoms with Crippen molar-refractivity contribution in [2.75, 3.05) is 13.7 Å². The number of rotatable bonds is 8. The molecule has 0 amide bonds. The molecule has 0 heterocycles. The van der Waals surface area contributed by atoms with Crippen LogP contribution in [-0.4, -0.2) is 19.7 Å². The Kier molecular flexibility index (Phi) is 7.30. The summed E-state index contributed by atoms with van der Waals surface area (Å²) in [5, 5.41) is 0. The van der Waals surface area contributed by atoms with E-state index in [0.717, 1.165) is 32.4 Å². The van der Waals surface area contributed by atoms with Crippen molar-refractivity contribution in [3.8, 4) is 0 Å². The zero-order valence-corrected chi connectivity index (χ0v) is 10.00. The van der Waals surface area contributed by atoms with Crippen molar-refractivity contribution in [3.63, 3.8) is 0 Å². The van der Waals surface area contributed by atoms with E-state index < -0.39 is 13.8 Å². The predicted octanol–water partition coefficient (Wildman–Crippen LogP) is 2.68. The van der Waals surface area contributed by atoms with Crippen molar-refractivity contribution in [1.29, 1.82) is 0 Å². The fraction of sp³-hybridized carbons (Fsp3) is 0.667. The summed E-state index contributed by atoms with van der Waals surface area (Å²) in [4.78, 5) is 10.8. The molecule has 0 aliphatic rings. The Labute approximate surface area is 90.0 Å². The summed E-state index contributed by atoms with van der Waals surface area (Å²) in [6, 6.07) is 0. The van der Waals surface area contributed by atoms with Crippen LogP contribution in [0.5, 0.6) is 0 Å².